The van der Waals surface area contributed by atoms with E-state index in [4.69, 9.17) is 11.6 Å². The number of halogens is 2. The van der Waals surface area contributed by atoms with Crippen LogP contribution >= 0.6 is 11.6 Å². The summed E-state index contributed by atoms with van der Waals surface area (Å²) in [6.45, 7) is 6.11. The molecule has 2 amide bonds. The Kier molecular flexibility index (Phi) is 7.65. The predicted molar refractivity (Wildman–Crippen MR) is 96.2 cm³/mol. The Labute approximate surface area is 152 Å². The molecule has 1 atom stereocenters. The van der Waals surface area contributed by atoms with E-state index in [2.05, 4.69) is 22.5 Å². The number of benzene rings is 1. The highest BCUT2D eigenvalue weighted by atomic mass is 35.5. The van der Waals surface area contributed by atoms with E-state index in [1.807, 2.05) is 0 Å². The predicted octanol–water partition coefficient (Wildman–Crippen LogP) is 2.45. The third-order valence-corrected chi connectivity index (χ3v) is 4.62. The van der Waals surface area contributed by atoms with E-state index in [-0.39, 0.29) is 29.5 Å². The first-order chi connectivity index (χ1) is 12.0. The lowest BCUT2D eigenvalue weighted by molar-refractivity contribution is -0.121. The quantitative estimate of drug-likeness (QED) is 0.776. The first-order valence-corrected chi connectivity index (χ1v) is 9.06. The zero-order valence-electron chi connectivity index (χ0n) is 14.5. The monoisotopic (exact) mass is 369 g/mol. The number of carbonyl (C=O) groups excluding carboxylic acids is 2. The minimum absolute atomic E-state index is 0.0534. The minimum atomic E-state index is -0.496. The summed E-state index contributed by atoms with van der Waals surface area (Å²) in [5.74, 6) is -0.294. The van der Waals surface area contributed by atoms with Crippen LogP contribution in [0.5, 0.6) is 0 Å². The van der Waals surface area contributed by atoms with Gasteiger partial charge in [-0.1, -0.05) is 18.5 Å². The molecule has 1 aromatic rings. The highest BCUT2D eigenvalue weighted by Gasteiger charge is 2.16. The van der Waals surface area contributed by atoms with Gasteiger partial charge in [-0.2, -0.15) is 0 Å². The number of hydrogen-bond donors (Lipinski definition) is 2. The number of hydrogen-bond acceptors (Lipinski definition) is 3. The second-order valence-electron chi connectivity index (χ2n) is 6.53. The molecule has 1 aliphatic heterocycles. The molecule has 25 heavy (non-hydrogen) atoms. The van der Waals surface area contributed by atoms with Gasteiger partial charge in [0.05, 0.1) is 10.6 Å². The number of nitrogens with one attached hydrogen (secondary N) is 2. The van der Waals surface area contributed by atoms with Crippen molar-refractivity contribution in [2.75, 3.05) is 32.7 Å². The van der Waals surface area contributed by atoms with E-state index >= 15 is 0 Å². The van der Waals surface area contributed by atoms with Gasteiger partial charge in [-0.3, -0.25) is 9.59 Å². The molecule has 1 aromatic carbocycles. The standard InChI is InChI=1S/C18H25ClFN3O2/c1-13-3-2-9-23(12-13)10-8-21-17(24)6-7-22-18(25)15-5-4-14(20)11-16(15)19/h4-5,11,13H,2-3,6-10,12H2,1H3,(H,21,24)(H,22,25). The van der Waals surface area contributed by atoms with Crippen LogP contribution in [0.3, 0.4) is 0 Å². The fourth-order valence-electron chi connectivity index (χ4n) is 2.99. The van der Waals surface area contributed by atoms with Gasteiger partial charge in [0.25, 0.3) is 5.91 Å². The average Bonchev–Trinajstić information content (AvgIpc) is 2.54. The first kappa shape index (κ1) is 19.7. The minimum Gasteiger partial charge on any atom is -0.355 e. The number of carbonyl (C=O) groups is 2. The van der Waals surface area contributed by atoms with Crippen LogP contribution in [0.15, 0.2) is 18.2 Å². The van der Waals surface area contributed by atoms with Gasteiger partial charge < -0.3 is 15.5 Å². The van der Waals surface area contributed by atoms with Gasteiger partial charge in [-0.05, 0) is 43.5 Å². The topological polar surface area (TPSA) is 61.4 Å². The smallest absolute Gasteiger partial charge is 0.252 e. The number of rotatable bonds is 7. The van der Waals surface area contributed by atoms with Crippen molar-refractivity contribution in [3.8, 4) is 0 Å². The normalized spacial score (nSPS) is 18.0. The van der Waals surface area contributed by atoms with Crippen molar-refractivity contribution < 1.29 is 14.0 Å². The van der Waals surface area contributed by atoms with E-state index in [0.29, 0.717) is 6.54 Å². The second kappa shape index (κ2) is 9.73. The van der Waals surface area contributed by atoms with Crippen molar-refractivity contribution in [1.82, 2.24) is 15.5 Å². The summed E-state index contributed by atoms with van der Waals surface area (Å²) in [7, 11) is 0. The molecule has 1 saturated heterocycles. The third kappa shape index (κ3) is 6.63. The molecule has 0 radical (unpaired) electrons. The van der Waals surface area contributed by atoms with E-state index < -0.39 is 11.7 Å². The maximum Gasteiger partial charge on any atom is 0.252 e. The van der Waals surface area contributed by atoms with Crippen LogP contribution in [0.2, 0.25) is 5.02 Å². The summed E-state index contributed by atoms with van der Waals surface area (Å²) in [6, 6.07) is 3.59. The second-order valence-corrected chi connectivity index (χ2v) is 6.94. The number of piperidine rings is 1. The fraction of sp³-hybridized carbons (Fsp3) is 0.556. The van der Waals surface area contributed by atoms with E-state index in [1.165, 1.54) is 25.0 Å². The third-order valence-electron chi connectivity index (χ3n) is 4.30. The van der Waals surface area contributed by atoms with Crippen molar-refractivity contribution >= 4 is 23.4 Å². The molecule has 2 rings (SSSR count). The summed E-state index contributed by atoms with van der Waals surface area (Å²) < 4.78 is 13.0. The SMILES string of the molecule is CC1CCCN(CCNC(=O)CCNC(=O)c2ccc(F)cc2Cl)C1. The Balaban J connectivity index is 1.62. The van der Waals surface area contributed by atoms with E-state index in [1.54, 1.807) is 0 Å². The highest BCUT2D eigenvalue weighted by Crippen LogP contribution is 2.17. The van der Waals surface area contributed by atoms with Crippen LogP contribution in [0.4, 0.5) is 4.39 Å². The van der Waals surface area contributed by atoms with Gasteiger partial charge in [0.2, 0.25) is 5.91 Å². The van der Waals surface area contributed by atoms with Gasteiger partial charge in [-0.25, -0.2) is 4.39 Å². The maximum atomic E-state index is 13.0. The number of likely N-dealkylation sites (tertiary alicyclic amines) is 1. The maximum absolute atomic E-state index is 13.0. The molecule has 0 spiro atoms. The van der Waals surface area contributed by atoms with Crippen molar-refractivity contribution in [1.29, 1.82) is 0 Å². The molecular weight excluding hydrogens is 345 g/mol. The number of amides is 2. The average molecular weight is 370 g/mol. The molecule has 7 heteroatoms. The van der Waals surface area contributed by atoms with Gasteiger partial charge >= 0.3 is 0 Å². The Hall–Kier alpha value is -1.66. The van der Waals surface area contributed by atoms with Crippen molar-refractivity contribution in [2.24, 2.45) is 5.92 Å². The molecule has 1 unspecified atom stereocenters. The molecule has 138 valence electrons. The molecule has 1 heterocycles. The molecule has 1 fully saturated rings. The van der Waals surface area contributed by atoms with Crippen LogP contribution in [-0.4, -0.2) is 49.4 Å². The van der Waals surface area contributed by atoms with Gasteiger partial charge in [0, 0.05) is 32.6 Å². The Morgan fingerprint density at radius 1 is 1.32 bits per heavy atom. The summed E-state index contributed by atoms with van der Waals surface area (Å²) in [5, 5.41) is 5.54. The van der Waals surface area contributed by atoms with Crippen molar-refractivity contribution in [2.45, 2.75) is 26.2 Å². The van der Waals surface area contributed by atoms with Gasteiger partial charge in [0.15, 0.2) is 0 Å². The number of nitrogens with zero attached hydrogens (tertiary/aromatic N) is 1. The Morgan fingerprint density at radius 2 is 2.12 bits per heavy atom. The van der Waals surface area contributed by atoms with Crippen LogP contribution in [0.1, 0.15) is 36.5 Å². The lowest BCUT2D eigenvalue weighted by atomic mass is 10.0. The zero-order valence-corrected chi connectivity index (χ0v) is 15.2. The summed E-state index contributed by atoms with van der Waals surface area (Å²) >= 11 is 5.83. The molecular formula is C18H25ClFN3O2. The lowest BCUT2D eigenvalue weighted by Crippen LogP contribution is -2.40. The molecule has 2 N–H and O–H groups in total. The summed E-state index contributed by atoms with van der Waals surface area (Å²) in [6.07, 6.45) is 2.69. The largest absolute Gasteiger partial charge is 0.355 e. The molecule has 0 bridgehead atoms. The molecule has 0 aliphatic carbocycles. The first-order valence-electron chi connectivity index (χ1n) is 8.68. The van der Waals surface area contributed by atoms with E-state index in [0.717, 1.165) is 31.6 Å². The molecule has 5 nitrogen and oxygen atoms in total. The van der Waals surface area contributed by atoms with E-state index in [9.17, 15) is 14.0 Å². The van der Waals surface area contributed by atoms with Crippen LogP contribution < -0.4 is 10.6 Å². The van der Waals surface area contributed by atoms with Crippen LogP contribution in [0.25, 0.3) is 0 Å². The summed E-state index contributed by atoms with van der Waals surface area (Å²) in [4.78, 5) is 26.1. The van der Waals surface area contributed by atoms with Crippen LogP contribution in [0, 0.1) is 11.7 Å². The molecule has 1 aliphatic rings. The molecule has 0 aromatic heterocycles. The molecule has 0 saturated carbocycles. The summed E-state index contributed by atoms with van der Waals surface area (Å²) in [5.41, 5.74) is 0.197. The Morgan fingerprint density at radius 3 is 2.84 bits per heavy atom. The Bertz CT molecular complexity index is 612. The fourth-order valence-corrected chi connectivity index (χ4v) is 3.24. The van der Waals surface area contributed by atoms with Gasteiger partial charge in [0.1, 0.15) is 5.82 Å². The van der Waals surface area contributed by atoms with Gasteiger partial charge in [-0.15, -0.1) is 0 Å². The highest BCUT2D eigenvalue weighted by molar-refractivity contribution is 6.33. The van der Waals surface area contributed by atoms with Crippen molar-refractivity contribution in [3.05, 3.63) is 34.6 Å². The van der Waals surface area contributed by atoms with Crippen molar-refractivity contribution in [3.63, 3.8) is 0 Å². The lowest BCUT2D eigenvalue weighted by Gasteiger charge is -2.30. The van der Waals surface area contributed by atoms with Crippen LogP contribution in [-0.2, 0) is 4.79 Å². The zero-order chi connectivity index (χ0) is 18.2.